The van der Waals surface area contributed by atoms with E-state index < -0.39 is 0 Å². The number of hydrogen-bond acceptors (Lipinski definition) is 0. The van der Waals surface area contributed by atoms with E-state index in [1.165, 1.54) is 26.1 Å². The number of halogens is 2. The number of benzene rings is 1. The molecule has 0 N–H and O–H groups in total. The van der Waals surface area contributed by atoms with Gasteiger partial charge in [0.05, 0.1) is 0 Å². The molecule has 0 aliphatic carbocycles. The van der Waals surface area contributed by atoms with Crippen molar-refractivity contribution in [2.45, 2.75) is 0 Å². The Labute approximate surface area is 80.9 Å². The summed E-state index contributed by atoms with van der Waals surface area (Å²) in [6.07, 6.45) is 0. The molecular formula is C6H5Cl2Sn+. The molecule has 0 nitrogen and oxygen atoms in total. The second-order valence-electron chi connectivity index (χ2n) is 1.37. The van der Waals surface area contributed by atoms with Gasteiger partial charge in [0.15, 0.2) is 0 Å². The van der Waals surface area contributed by atoms with Crippen molar-refractivity contribution in [2.24, 2.45) is 0 Å². The van der Waals surface area contributed by atoms with Gasteiger partial charge < -0.3 is 24.8 Å². The van der Waals surface area contributed by atoms with Crippen LogP contribution in [0.4, 0.5) is 0 Å². The van der Waals surface area contributed by atoms with Crippen molar-refractivity contribution in [3.8, 4) is 0 Å². The van der Waals surface area contributed by atoms with Gasteiger partial charge in [0.25, 0.3) is 0 Å². The van der Waals surface area contributed by atoms with Crippen molar-refractivity contribution in [1.29, 1.82) is 0 Å². The molecule has 1 aromatic rings. The molecule has 0 saturated carbocycles. The van der Waals surface area contributed by atoms with Crippen LogP contribution in [0.2, 0.25) is 0 Å². The minimum atomic E-state index is 0. The number of hydrogen-bond donors (Lipinski definition) is 0. The quantitative estimate of drug-likeness (QED) is 0.411. The Hall–Kier alpha value is 0.599. The molecule has 0 atom stereocenters. The van der Waals surface area contributed by atoms with E-state index in [9.17, 15) is 0 Å². The third-order valence-corrected chi connectivity index (χ3v) is 1.73. The molecule has 0 unspecified atom stereocenters. The first-order valence-corrected chi connectivity index (χ1v) is 3.59. The van der Waals surface area contributed by atoms with Crippen molar-refractivity contribution in [3.63, 3.8) is 0 Å². The van der Waals surface area contributed by atoms with Gasteiger partial charge in [-0.25, -0.2) is 0 Å². The van der Waals surface area contributed by atoms with Crippen molar-refractivity contribution >= 4 is 26.1 Å². The molecule has 1 aromatic carbocycles. The summed E-state index contributed by atoms with van der Waals surface area (Å²) >= 11 is 1.49. The van der Waals surface area contributed by atoms with E-state index in [0.29, 0.717) is 0 Å². The fraction of sp³-hybridized carbons (Fsp3) is 0. The minimum absolute atomic E-state index is 0. The van der Waals surface area contributed by atoms with Crippen LogP contribution in [0, 0.1) is 0 Å². The van der Waals surface area contributed by atoms with Crippen LogP contribution >= 0.6 is 0 Å². The summed E-state index contributed by atoms with van der Waals surface area (Å²) in [5.41, 5.74) is 0. The van der Waals surface area contributed by atoms with Crippen LogP contribution in [-0.4, -0.2) is 22.5 Å². The van der Waals surface area contributed by atoms with Crippen LogP contribution in [0.1, 0.15) is 0 Å². The summed E-state index contributed by atoms with van der Waals surface area (Å²) in [5.74, 6) is 0. The van der Waals surface area contributed by atoms with Crippen molar-refractivity contribution < 1.29 is 24.8 Å². The van der Waals surface area contributed by atoms with Gasteiger partial charge in [0.1, 0.15) is 0 Å². The predicted octanol–water partition coefficient (Wildman–Crippen LogP) is -5.51. The van der Waals surface area contributed by atoms with E-state index in [2.05, 4.69) is 24.3 Å². The maximum atomic E-state index is 2.12. The molecule has 0 bridgehead atoms. The van der Waals surface area contributed by atoms with Gasteiger partial charge in [0, 0.05) is 0 Å². The van der Waals surface area contributed by atoms with Gasteiger partial charge in [-0.15, -0.1) is 0 Å². The third kappa shape index (κ3) is 5.06. The van der Waals surface area contributed by atoms with Crippen LogP contribution in [0.15, 0.2) is 30.3 Å². The molecule has 0 aliphatic heterocycles. The SMILES string of the molecule is [Cl-].[Cl-].[Sn+3][c]1ccccc1. The molecule has 0 amide bonds. The molecule has 0 heterocycles. The van der Waals surface area contributed by atoms with Gasteiger partial charge in [-0.3, -0.25) is 0 Å². The summed E-state index contributed by atoms with van der Waals surface area (Å²) in [5, 5.41) is 0. The first kappa shape index (κ1) is 12.3. The molecule has 3 heteroatoms. The molecule has 0 aromatic heterocycles. The average Bonchev–Trinajstić information content (AvgIpc) is 1.69. The molecule has 46 valence electrons. The van der Waals surface area contributed by atoms with E-state index in [4.69, 9.17) is 0 Å². The summed E-state index contributed by atoms with van der Waals surface area (Å²) in [4.78, 5) is 0. The zero-order valence-corrected chi connectivity index (χ0v) is 9.01. The molecule has 0 saturated heterocycles. The van der Waals surface area contributed by atoms with Gasteiger partial charge in [-0.05, 0) is 0 Å². The summed E-state index contributed by atoms with van der Waals surface area (Å²) < 4.78 is 1.41. The molecular weight excluding hydrogens is 262 g/mol. The molecule has 0 fully saturated rings. The van der Waals surface area contributed by atoms with Crippen LogP contribution in [0.3, 0.4) is 0 Å². The zero-order valence-electron chi connectivity index (χ0n) is 4.64. The second kappa shape index (κ2) is 6.71. The Morgan fingerprint density at radius 3 is 1.56 bits per heavy atom. The third-order valence-electron chi connectivity index (χ3n) is 0.774. The summed E-state index contributed by atoms with van der Waals surface area (Å²) in [7, 11) is 0. The summed E-state index contributed by atoms with van der Waals surface area (Å²) in [6, 6.07) is 10.4. The Kier molecular flexibility index (Phi) is 9.17. The van der Waals surface area contributed by atoms with Crippen molar-refractivity contribution in [3.05, 3.63) is 30.3 Å². The monoisotopic (exact) mass is 267 g/mol. The molecule has 0 radical (unpaired) electrons. The topological polar surface area (TPSA) is 0 Å². The van der Waals surface area contributed by atoms with Gasteiger partial charge in [0.2, 0.25) is 0 Å². The van der Waals surface area contributed by atoms with Gasteiger partial charge >= 0.3 is 56.4 Å². The Bertz CT molecular complexity index is 141. The van der Waals surface area contributed by atoms with Crippen molar-refractivity contribution in [1.82, 2.24) is 0 Å². The normalized spacial score (nSPS) is 6.89. The Morgan fingerprint density at radius 1 is 0.889 bits per heavy atom. The van der Waals surface area contributed by atoms with E-state index in [0.717, 1.165) is 0 Å². The predicted molar refractivity (Wildman–Crippen MR) is 31.8 cm³/mol. The number of rotatable bonds is 0. The standard InChI is InChI=1S/C6H5.2ClH.Sn/c1-2-4-6-5-3-1;;;/h1-5H;2*1H;/q;;;+3/p-2. The Balaban J connectivity index is 0. The maximum absolute atomic E-state index is 2.12. The fourth-order valence-corrected chi connectivity index (χ4v) is 0.987. The Morgan fingerprint density at radius 2 is 1.33 bits per heavy atom. The molecule has 1 rings (SSSR count). The molecule has 9 heavy (non-hydrogen) atoms. The first-order valence-electron chi connectivity index (χ1n) is 2.16. The fourth-order valence-electron chi connectivity index (χ4n) is 0.438. The van der Waals surface area contributed by atoms with E-state index in [-0.39, 0.29) is 24.8 Å². The van der Waals surface area contributed by atoms with Gasteiger partial charge in [-0.2, -0.15) is 0 Å². The zero-order chi connectivity index (χ0) is 5.11. The van der Waals surface area contributed by atoms with E-state index in [1.54, 1.807) is 0 Å². The second-order valence-corrected chi connectivity index (χ2v) is 3.01. The van der Waals surface area contributed by atoms with Crippen LogP contribution < -0.4 is 28.4 Å². The first-order chi connectivity index (χ1) is 3.39. The van der Waals surface area contributed by atoms with Crippen LogP contribution in [0.5, 0.6) is 0 Å². The van der Waals surface area contributed by atoms with Crippen molar-refractivity contribution in [2.75, 3.05) is 0 Å². The van der Waals surface area contributed by atoms with E-state index >= 15 is 0 Å². The van der Waals surface area contributed by atoms with Crippen LogP contribution in [-0.2, 0) is 0 Å². The molecule has 0 aliphatic rings. The van der Waals surface area contributed by atoms with E-state index in [1.807, 2.05) is 6.07 Å². The van der Waals surface area contributed by atoms with Crippen LogP contribution in [0.25, 0.3) is 0 Å². The molecule has 0 spiro atoms. The van der Waals surface area contributed by atoms with Gasteiger partial charge in [-0.1, -0.05) is 0 Å². The summed E-state index contributed by atoms with van der Waals surface area (Å²) in [6.45, 7) is 0. The average molecular weight is 267 g/mol.